The maximum atomic E-state index is 12.8. The maximum Gasteiger partial charge on any atom is 0.246 e. The fourth-order valence-corrected chi connectivity index (χ4v) is 3.25. The molecule has 104 valence electrons. The van der Waals surface area contributed by atoms with E-state index >= 15 is 0 Å². The van der Waals surface area contributed by atoms with Crippen molar-refractivity contribution in [2.24, 2.45) is 0 Å². The lowest BCUT2D eigenvalue weighted by molar-refractivity contribution is -0.122. The summed E-state index contributed by atoms with van der Waals surface area (Å²) in [5, 5.41) is 0. The first kappa shape index (κ1) is 12.1. The van der Waals surface area contributed by atoms with Crippen LogP contribution in [-0.2, 0) is 9.59 Å². The summed E-state index contributed by atoms with van der Waals surface area (Å²) in [6, 6.07) is 15.5. The van der Waals surface area contributed by atoms with Crippen molar-refractivity contribution in [3.8, 4) is 0 Å². The van der Waals surface area contributed by atoms with Gasteiger partial charge in [0.15, 0.2) is 0 Å². The molecule has 2 aliphatic heterocycles. The molecule has 2 amide bonds. The van der Waals surface area contributed by atoms with Crippen molar-refractivity contribution in [3.05, 3.63) is 59.7 Å². The molecule has 0 radical (unpaired) electrons. The largest absolute Gasteiger partial charge is 0.312 e. The van der Waals surface area contributed by atoms with Gasteiger partial charge in [-0.2, -0.15) is 0 Å². The summed E-state index contributed by atoms with van der Waals surface area (Å²) in [6.45, 7) is 0.128. The lowest BCUT2D eigenvalue weighted by Gasteiger charge is -2.31. The molecule has 21 heavy (non-hydrogen) atoms. The first-order valence-corrected chi connectivity index (χ1v) is 6.94. The van der Waals surface area contributed by atoms with Gasteiger partial charge in [-0.1, -0.05) is 42.5 Å². The number of carbonyl (C=O) groups excluding carboxylic acids is 2. The normalized spacial score (nSPS) is 20.0. The summed E-state index contributed by atoms with van der Waals surface area (Å²) in [7, 11) is 1.76. The zero-order valence-electron chi connectivity index (χ0n) is 11.6. The number of benzene rings is 2. The summed E-state index contributed by atoms with van der Waals surface area (Å²) in [4.78, 5) is 28.1. The third-order valence-corrected chi connectivity index (χ3v) is 4.30. The average Bonchev–Trinajstić information content (AvgIpc) is 2.79. The molecular formula is C17H14N2O2. The first-order chi connectivity index (χ1) is 10.2. The van der Waals surface area contributed by atoms with E-state index in [9.17, 15) is 9.59 Å². The number of para-hydroxylation sites is 1. The molecule has 2 heterocycles. The zero-order valence-corrected chi connectivity index (χ0v) is 11.6. The van der Waals surface area contributed by atoms with E-state index in [1.807, 2.05) is 48.5 Å². The minimum Gasteiger partial charge on any atom is -0.312 e. The van der Waals surface area contributed by atoms with Crippen LogP contribution in [0, 0.1) is 0 Å². The predicted molar refractivity (Wildman–Crippen MR) is 80.5 cm³/mol. The Labute approximate surface area is 122 Å². The van der Waals surface area contributed by atoms with Gasteiger partial charge in [0.25, 0.3) is 0 Å². The van der Waals surface area contributed by atoms with Crippen molar-refractivity contribution < 1.29 is 9.59 Å². The van der Waals surface area contributed by atoms with E-state index < -0.39 is 0 Å². The van der Waals surface area contributed by atoms with Crippen molar-refractivity contribution in [1.29, 1.82) is 0 Å². The topological polar surface area (TPSA) is 40.6 Å². The quantitative estimate of drug-likeness (QED) is 0.802. The standard InChI is InChI=1S/C17H14N2O2/c1-18-13-9-5-8-12-15(11-6-3-2-4-7-11)17(21)19(16(12)13)10-14(18)20/h2-9,15H,10H2,1H3. The van der Waals surface area contributed by atoms with Gasteiger partial charge in [0, 0.05) is 7.05 Å². The second kappa shape index (κ2) is 4.19. The minimum absolute atomic E-state index is 0.00917. The molecule has 0 fully saturated rings. The summed E-state index contributed by atoms with van der Waals surface area (Å²) in [5.74, 6) is -0.368. The third kappa shape index (κ3) is 1.56. The van der Waals surface area contributed by atoms with Crippen molar-refractivity contribution in [2.45, 2.75) is 5.92 Å². The van der Waals surface area contributed by atoms with Gasteiger partial charge in [-0.05, 0) is 17.2 Å². The first-order valence-electron chi connectivity index (χ1n) is 6.94. The van der Waals surface area contributed by atoms with Gasteiger partial charge in [0.05, 0.1) is 17.3 Å². The third-order valence-electron chi connectivity index (χ3n) is 4.30. The second-order valence-electron chi connectivity index (χ2n) is 5.44. The molecule has 1 unspecified atom stereocenters. The van der Waals surface area contributed by atoms with Gasteiger partial charge >= 0.3 is 0 Å². The molecule has 0 N–H and O–H groups in total. The van der Waals surface area contributed by atoms with Crippen LogP contribution in [0.4, 0.5) is 11.4 Å². The van der Waals surface area contributed by atoms with Crippen LogP contribution in [0.1, 0.15) is 17.0 Å². The lowest BCUT2D eigenvalue weighted by Crippen LogP contribution is -2.45. The number of rotatable bonds is 1. The summed E-state index contributed by atoms with van der Waals surface area (Å²) in [6.07, 6.45) is 0. The van der Waals surface area contributed by atoms with Gasteiger partial charge in [-0.15, -0.1) is 0 Å². The highest BCUT2D eigenvalue weighted by atomic mass is 16.2. The molecule has 2 aliphatic rings. The Kier molecular flexibility index (Phi) is 2.42. The van der Waals surface area contributed by atoms with E-state index in [0.717, 1.165) is 22.5 Å². The highest BCUT2D eigenvalue weighted by Gasteiger charge is 2.44. The van der Waals surface area contributed by atoms with Crippen LogP contribution < -0.4 is 9.80 Å². The Hall–Kier alpha value is -2.62. The van der Waals surface area contributed by atoms with Crippen molar-refractivity contribution in [2.75, 3.05) is 23.4 Å². The van der Waals surface area contributed by atoms with Crippen LogP contribution >= 0.6 is 0 Å². The lowest BCUT2D eigenvalue weighted by atomic mass is 9.92. The molecule has 2 aromatic rings. The average molecular weight is 278 g/mol. The van der Waals surface area contributed by atoms with E-state index in [1.165, 1.54) is 0 Å². The summed E-state index contributed by atoms with van der Waals surface area (Å²) < 4.78 is 0. The Bertz CT molecular complexity index is 755. The number of anilines is 2. The molecule has 0 aromatic heterocycles. The van der Waals surface area contributed by atoms with Crippen LogP contribution in [0.15, 0.2) is 48.5 Å². The Morgan fingerprint density at radius 1 is 1.00 bits per heavy atom. The van der Waals surface area contributed by atoms with Crippen LogP contribution in [0.5, 0.6) is 0 Å². The van der Waals surface area contributed by atoms with E-state index in [2.05, 4.69) is 0 Å². The number of likely N-dealkylation sites (N-methyl/N-ethyl adjacent to an activating group) is 1. The SMILES string of the molecule is CN1C(=O)CN2C(=O)C(c3ccccc3)c3cccc1c32. The van der Waals surface area contributed by atoms with Crippen LogP contribution in [0.25, 0.3) is 0 Å². The minimum atomic E-state index is -0.305. The molecule has 1 atom stereocenters. The maximum absolute atomic E-state index is 12.8. The highest BCUT2D eigenvalue weighted by molar-refractivity contribution is 6.18. The van der Waals surface area contributed by atoms with Crippen LogP contribution in [0.2, 0.25) is 0 Å². The summed E-state index contributed by atoms with van der Waals surface area (Å²) in [5.41, 5.74) is 3.66. The van der Waals surface area contributed by atoms with Gasteiger partial charge < -0.3 is 4.90 Å². The number of amides is 2. The Morgan fingerprint density at radius 3 is 2.52 bits per heavy atom. The smallest absolute Gasteiger partial charge is 0.246 e. The highest BCUT2D eigenvalue weighted by Crippen LogP contribution is 2.47. The molecule has 0 saturated carbocycles. The van der Waals surface area contributed by atoms with E-state index in [-0.39, 0.29) is 24.3 Å². The predicted octanol–water partition coefficient (Wildman–Crippen LogP) is 2.14. The van der Waals surface area contributed by atoms with Crippen molar-refractivity contribution >= 4 is 23.2 Å². The fourth-order valence-electron chi connectivity index (χ4n) is 3.25. The van der Waals surface area contributed by atoms with Crippen molar-refractivity contribution in [3.63, 3.8) is 0 Å². The molecule has 0 aliphatic carbocycles. The van der Waals surface area contributed by atoms with Gasteiger partial charge in [-0.3, -0.25) is 14.5 Å². The van der Waals surface area contributed by atoms with Crippen LogP contribution in [0.3, 0.4) is 0 Å². The second-order valence-corrected chi connectivity index (χ2v) is 5.44. The number of nitrogens with zero attached hydrogens (tertiary/aromatic N) is 2. The Balaban J connectivity index is 1.94. The van der Waals surface area contributed by atoms with Gasteiger partial charge in [0.1, 0.15) is 6.54 Å². The van der Waals surface area contributed by atoms with Crippen molar-refractivity contribution in [1.82, 2.24) is 0 Å². The number of hydrogen-bond acceptors (Lipinski definition) is 2. The van der Waals surface area contributed by atoms with E-state index in [4.69, 9.17) is 0 Å². The number of carbonyl (C=O) groups is 2. The van der Waals surface area contributed by atoms with Crippen LogP contribution in [-0.4, -0.2) is 25.4 Å². The molecule has 2 aromatic carbocycles. The molecule has 4 heteroatoms. The van der Waals surface area contributed by atoms with E-state index in [1.54, 1.807) is 16.8 Å². The Morgan fingerprint density at radius 2 is 1.76 bits per heavy atom. The number of hydrogen-bond donors (Lipinski definition) is 0. The summed E-state index contributed by atoms with van der Waals surface area (Å²) >= 11 is 0. The zero-order chi connectivity index (χ0) is 14.6. The molecule has 0 spiro atoms. The fraction of sp³-hybridized carbons (Fsp3) is 0.176. The molecule has 4 rings (SSSR count). The molecule has 0 bridgehead atoms. The van der Waals surface area contributed by atoms with Gasteiger partial charge in [-0.25, -0.2) is 0 Å². The molecular weight excluding hydrogens is 264 g/mol. The molecule has 4 nitrogen and oxygen atoms in total. The van der Waals surface area contributed by atoms with E-state index in [0.29, 0.717) is 0 Å². The van der Waals surface area contributed by atoms with Gasteiger partial charge in [0.2, 0.25) is 11.8 Å². The molecule has 0 saturated heterocycles. The monoisotopic (exact) mass is 278 g/mol.